The molecule has 0 saturated carbocycles. The third-order valence-corrected chi connectivity index (χ3v) is 5.97. The molecule has 0 radical (unpaired) electrons. The molecule has 0 atom stereocenters. The maximum absolute atomic E-state index is 13.5. The smallest absolute Gasteiger partial charge is 0.155 e. The Hall–Kier alpha value is -2.96. The molecule has 2 aromatic heterocycles. The number of fused-ring (bicyclic) bond motifs is 1. The molecule has 0 bridgehead atoms. The van der Waals surface area contributed by atoms with Gasteiger partial charge in [-0.15, -0.1) is 0 Å². The number of hydrogen-bond donors (Lipinski definition) is 1. The SMILES string of the molecule is CN1CCN(c2ccc(-c3cnc4[nH]nc(-c5ccc(F)c(Cl)c5)c4c3)cc2)CC1. The van der Waals surface area contributed by atoms with Crippen LogP contribution < -0.4 is 4.90 Å². The first-order valence-corrected chi connectivity index (χ1v) is 10.3. The number of pyridine rings is 1. The molecular formula is C23H21ClFN5. The van der Waals surface area contributed by atoms with Gasteiger partial charge >= 0.3 is 0 Å². The van der Waals surface area contributed by atoms with Crippen molar-refractivity contribution >= 4 is 28.3 Å². The first-order chi connectivity index (χ1) is 14.6. The number of nitrogens with one attached hydrogen (secondary N) is 1. The van der Waals surface area contributed by atoms with E-state index >= 15 is 0 Å². The van der Waals surface area contributed by atoms with Gasteiger partial charge in [0.25, 0.3) is 0 Å². The van der Waals surface area contributed by atoms with Gasteiger partial charge in [0.2, 0.25) is 0 Å². The second kappa shape index (κ2) is 7.70. The van der Waals surface area contributed by atoms with Crippen LogP contribution in [0.1, 0.15) is 0 Å². The molecular weight excluding hydrogens is 401 g/mol. The predicted molar refractivity (Wildman–Crippen MR) is 119 cm³/mol. The van der Waals surface area contributed by atoms with Crippen molar-refractivity contribution in [2.24, 2.45) is 0 Å². The fraction of sp³-hybridized carbons (Fsp3) is 0.217. The van der Waals surface area contributed by atoms with Gasteiger partial charge < -0.3 is 9.80 Å². The molecule has 2 aromatic carbocycles. The first kappa shape index (κ1) is 19.0. The quantitative estimate of drug-likeness (QED) is 0.514. The van der Waals surface area contributed by atoms with E-state index in [2.05, 4.69) is 62.4 Å². The summed E-state index contributed by atoms with van der Waals surface area (Å²) in [7, 11) is 2.16. The fourth-order valence-corrected chi connectivity index (χ4v) is 4.03. The highest BCUT2D eigenvalue weighted by atomic mass is 35.5. The second-order valence-electron chi connectivity index (χ2n) is 7.66. The van der Waals surface area contributed by atoms with Crippen molar-refractivity contribution in [1.29, 1.82) is 0 Å². The summed E-state index contributed by atoms with van der Waals surface area (Å²) in [4.78, 5) is 9.29. The molecule has 0 spiro atoms. The normalized spacial score (nSPS) is 15.1. The van der Waals surface area contributed by atoms with Gasteiger partial charge in [0, 0.05) is 54.6 Å². The van der Waals surface area contributed by atoms with Gasteiger partial charge in [-0.25, -0.2) is 9.37 Å². The van der Waals surface area contributed by atoms with Crippen molar-refractivity contribution in [3.63, 3.8) is 0 Å². The topological polar surface area (TPSA) is 48.0 Å². The van der Waals surface area contributed by atoms with Crippen LogP contribution in [0.2, 0.25) is 5.02 Å². The average molecular weight is 422 g/mol. The molecule has 152 valence electrons. The maximum atomic E-state index is 13.5. The molecule has 1 aliphatic rings. The van der Waals surface area contributed by atoms with Crippen molar-refractivity contribution in [2.45, 2.75) is 0 Å². The van der Waals surface area contributed by atoms with Gasteiger partial charge in [-0.3, -0.25) is 5.10 Å². The number of aromatic nitrogens is 3. The van der Waals surface area contributed by atoms with Crippen LogP contribution in [0, 0.1) is 5.82 Å². The maximum Gasteiger partial charge on any atom is 0.155 e. The Balaban J connectivity index is 1.47. The fourth-order valence-electron chi connectivity index (χ4n) is 3.85. The lowest BCUT2D eigenvalue weighted by atomic mass is 10.0. The molecule has 3 heterocycles. The molecule has 1 N–H and O–H groups in total. The van der Waals surface area contributed by atoms with Gasteiger partial charge in [0.1, 0.15) is 11.5 Å². The van der Waals surface area contributed by atoms with Gasteiger partial charge in [-0.05, 0) is 49.0 Å². The zero-order valence-corrected chi connectivity index (χ0v) is 17.3. The van der Waals surface area contributed by atoms with E-state index < -0.39 is 5.82 Å². The molecule has 30 heavy (non-hydrogen) atoms. The summed E-state index contributed by atoms with van der Waals surface area (Å²) in [5.74, 6) is -0.445. The average Bonchev–Trinajstić information content (AvgIpc) is 3.20. The number of anilines is 1. The summed E-state index contributed by atoms with van der Waals surface area (Å²) in [6.07, 6.45) is 1.84. The summed E-state index contributed by atoms with van der Waals surface area (Å²) in [5.41, 5.74) is 5.47. The van der Waals surface area contributed by atoms with Crippen LogP contribution in [0.25, 0.3) is 33.4 Å². The van der Waals surface area contributed by atoms with E-state index in [1.807, 2.05) is 6.20 Å². The predicted octanol–water partition coefficient (Wildman–Crippen LogP) is 4.84. The summed E-state index contributed by atoms with van der Waals surface area (Å²) in [6.45, 7) is 4.25. The molecule has 1 fully saturated rings. The van der Waals surface area contributed by atoms with E-state index in [0.717, 1.165) is 48.3 Å². The summed E-state index contributed by atoms with van der Waals surface area (Å²) in [5, 5.41) is 8.27. The van der Waals surface area contributed by atoms with Crippen molar-refractivity contribution in [2.75, 3.05) is 38.1 Å². The third kappa shape index (κ3) is 3.53. The van der Waals surface area contributed by atoms with Crippen molar-refractivity contribution in [3.05, 3.63) is 65.6 Å². The number of hydrogen-bond acceptors (Lipinski definition) is 4. The number of rotatable bonds is 3. The van der Waals surface area contributed by atoms with Crippen molar-refractivity contribution in [3.8, 4) is 22.4 Å². The first-order valence-electron chi connectivity index (χ1n) is 9.92. The largest absolute Gasteiger partial charge is 0.369 e. The summed E-state index contributed by atoms with van der Waals surface area (Å²) in [6, 6.07) is 15.3. The number of H-pyrrole nitrogens is 1. The Bertz CT molecular complexity index is 1200. The Morgan fingerprint density at radius 1 is 0.933 bits per heavy atom. The molecule has 1 saturated heterocycles. The van der Waals surface area contributed by atoms with Crippen molar-refractivity contribution in [1.82, 2.24) is 20.1 Å². The van der Waals surface area contributed by atoms with Crippen LogP contribution in [0.4, 0.5) is 10.1 Å². The molecule has 4 aromatic rings. The van der Waals surface area contributed by atoms with Crippen LogP contribution in [0.3, 0.4) is 0 Å². The number of nitrogens with zero attached hydrogens (tertiary/aromatic N) is 4. The number of benzene rings is 2. The second-order valence-corrected chi connectivity index (χ2v) is 8.07. The molecule has 7 heteroatoms. The van der Waals surface area contributed by atoms with Crippen LogP contribution in [-0.4, -0.2) is 53.3 Å². The Morgan fingerprint density at radius 2 is 1.67 bits per heavy atom. The third-order valence-electron chi connectivity index (χ3n) is 5.68. The van der Waals surface area contributed by atoms with E-state index in [9.17, 15) is 4.39 Å². The van der Waals surface area contributed by atoms with Gasteiger partial charge in [0.15, 0.2) is 5.65 Å². The van der Waals surface area contributed by atoms with E-state index in [-0.39, 0.29) is 5.02 Å². The minimum atomic E-state index is -0.445. The zero-order chi connectivity index (χ0) is 20.7. The summed E-state index contributed by atoms with van der Waals surface area (Å²) >= 11 is 5.96. The lowest BCUT2D eigenvalue weighted by Gasteiger charge is -2.34. The standard InChI is InChI=1S/C23H21ClFN5/c1-29-8-10-30(11-9-29)18-5-2-15(3-6-18)17-12-19-22(27-28-23(19)26-14-17)16-4-7-21(25)20(24)13-16/h2-7,12-14H,8-11H2,1H3,(H,26,27,28). The Kier molecular flexibility index (Phi) is 4.89. The van der Waals surface area contributed by atoms with Crippen LogP contribution in [-0.2, 0) is 0 Å². The number of halogens is 2. The number of piperazine rings is 1. The van der Waals surface area contributed by atoms with Crippen LogP contribution >= 0.6 is 11.6 Å². The van der Waals surface area contributed by atoms with Gasteiger partial charge in [0.05, 0.1) is 5.02 Å². The number of aromatic amines is 1. The van der Waals surface area contributed by atoms with E-state index in [4.69, 9.17) is 11.6 Å². The van der Waals surface area contributed by atoms with Gasteiger partial charge in [-0.2, -0.15) is 5.10 Å². The van der Waals surface area contributed by atoms with Crippen LogP contribution in [0.5, 0.6) is 0 Å². The van der Waals surface area contributed by atoms with Crippen molar-refractivity contribution < 1.29 is 4.39 Å². The monoisotopic (exact) mass is 421 g/mol. The molecule has 0 aliphatic carbocycles. The Morgan fingerprint density at radius 3 is 2.40 bits per heavy atom. The molecule has 0 amide bonds. The number of likely N-dealkylation sites (N-methyl/N-ethyl adjacent to an activating group) is 1. The highest BCUT2D eigenvalue weighted by Crippen LogP contribution is 2.31. The van der Waals surface area contributed by atoms with E-state index in [1.165, 1.54) is 11.8 Å². The lowest BCUT2D eigenvalue weighted by molar-refractivity contribution is 0.313. The van der Waals surface area contributed by atoms with Crippen LogP contribution in [0.15, 0.2) is 54.7 Å². The lowest BCUT2D eigenvalue weighted by Crippen LogP contribution is -2.44. The minimum Gasteiger partial charge on any atom is -0.369 e. The van der Waals surface area contributed by atoms with E-state index in [1.54, 1.807) is 12.1 Å². The summed E-state index contributed by atoms with van der Waals surface area (Å²) < 4.78 is 13.5. The van der Waals surface area contributed by atoms with E-state index in [0.29, 0.717) is 11.3 Å². The minimum absolute atomic E-state index is 0.0762. The molecule has 5 nitrogen and oxygen atoms in total. The molecule has 1 aliphatic heterocycles. The molecule has 0 unspecified atom stereocenters. The highest BCUT2D eigenvalue weighted by Gasteiger charge is 2.15. The Labute approximate surface area is 179 Å². The van der Waals surface area contributed by atoms with Gasteiger partial charge in [-0.1, -0.05) is 23.7 Å². The molecule has 5 rings (SSSR count). The highest BCUT2D eigenvalue weighted by molar-refractivity contribution is 6.31. The zero-order valence-electron chi connectivity index (χ0n) is 16.6.